The first-order valence-electron chi connectivity index (χ1n) is 11.8. The fraction of sp³-hybridized carbons (Fsp3) is 0.267. The molecule has 0 amide bonds. The molecule has 2 unspecified atom stereocenters. The molecule has 2 heterocycles. The minimum absolute atomic E-state index is 0.0433. The molecule has 0 bridgehead atoms. The summed E-state index contributed by atoms with van der Waals surface area (Å²) in [7, 11) is 0. The summed E-state index contributed by atoms with van der Waals surface area (Å²) in [6, 6.07) is 13.2. The first kappa shape index (κ1) is 23.5. The van der Waals surface area contributed by atoms with E-state index in [1.165, 1.54) is 6.07 Å². The quantitative estimate of drug-likeness (QED) is 0.247. The second-order valence-electron chi connectivity index (χ2n) is 10.0. The van der Waals surface area contributed by atoms with Crippen molar-refractivity contribution in [3.8, 4) is 23.0 Å². The van der Waals surface area contributed by atoms with E-state index in [-0.39, 0.29) is 16.5 Å². The Morgan fingerprint density at radius 3 is 2.54 bits per heavy atom. The number of aromatic nitrogens is 1. The van der Waals surface area contributed by atoms with Crippen molar-refractivity contribution < 1.29 is 9.50 Å². The Kier molecular flexibility index (Phi) is 5.67. The van der Waals surface area contributed by atoms with Crippen LogP contribution in [0.4, 0.5) is 10.1 Å². The molecule has 1 aromatic heterocycles. The van der Waals surface area contributed by atoms with Crippen LogP contribution in [0.1, 0.15) is 54.5 Å². The zero-order valence-electron chi connectivity index (χ0n) is 20.5. The molecule has 4 aromatic rings. The number of benzene rings is 3. The van der Waals surface area contributed by atoms with Gasteiger partial charge in [0, 0.05) is 39.9 Å². The lowest BCUT2D eigenvalue weighted by atomic mass is 9.75. The Morgan fingerprint density at radius 2 is 1.77 bits per heavy atom. The van der Waals surface area contributed by atoms with E-state index in [1.54, 1.807) is 12.1 Å². The number of fused-ring (bicyclic) bond motifs is 2. The van der Waals surface area contributed by atoms with Crippen molar-refractivity contribution in [3.63, 3.8) is 0 Å². The molecule has 3 N–H and O–H groups in total. The summed E-state index contributed by atoms with van der Waals surface area (Å²) >= 11 is 6.01. The van der Waals surface area contributed by atoms with E-state index in [2.05, 4.69) is 54.2 Å². The number of hydrogen-bond donors (Lipinski definition) is 3. The number of hydrogen-bond acceptors (Lipinski definition) is 2. The Balaban J connectivity index is 1.84. The van der Waals surface area contributed by atoms with E-state index >= 15 is 0 Å². The number of anilines is 1. The second-order valence-corrected chi connectivity index (χ2v) is 10.4. The molecular weight excluding hydrogens is 459 g/mol. The minimum atomic E-state index is -0.628. The summed E-state index contributed by atoms with van der Waals surface area (Å²) in [5.41, 5.74) is 7.66. The van der Waals surface area contributed by atoms with Crippen LogP contribution in [0.25, 0.3) is 22.0 Å². The summed E-state index contributed by atoms with van der Waals surface area (Å²) in [5.74, 6) is 5.61. The largest absolute Gasteiger partial charge is 0.390 e. The first-order chi connectivity index (χ1) is 16.6. The van der Waals surface area contributed by atoms with Gasteiger partial charge in [0.25, 0.3) is 0 Å². The van der Waals surface area contributed by atoms with Gasteiger partial charge < -0.3 is 15.4 Å². The van der Waals surface area contributed by atoms with E-state index in [1.807, 2.05) is 33.0 Å². The van der Waals surface area contributed by atoms with Crippen LogP contribution in [-0.2, 0) is 0 Å². The van der Waals surface area contributed by atoms with Crippen molar-refractivity contribution in [1.82, 2.24) is 4.98 Å². The second kappa shape index (κ2) is 8.45. The van der Waals surface area contributed by atoms with Crippen LogP contribution < -0.4 is 5.32 Å². The third-order valence-electron chi connectivity index (χ3n) is 7.16. The molecule has 178 valence electrons. The molecule has 1 aliphatic rings. The van der Waals surface area contributed by atoms with Crippen LogP contribution in [0.3, 0.4) is 0 Å². The number of nitrogens with one attached hydrogen (secondary N) is 2. The van der Waals surface area contributed by atoms with Crippen LogP contribution >= 0.6 is 11.6 Å². The molecule has 5 heteroatoms. The van der Waals surface area contributed by atoms with Gasteiger partial charge in [0.05, 0.1) is 27.7 Å². The molecule has 5 rings (SSSR count). The van der Waals surface area contributed by atoms with Crippen LogP contribution in [-0.4, -0.2) is 21.7 Å². The van der Waals surface area contributed by atoms with Gasteiger partial charge in [0.2, 0.25) is 0 Å². The number of rotatable bonds is 1. The number of aliphatic hydroxyl groups is 1. The molecule has 0 saturated heterocycles. The molecule has 0 radical (unpaired) electrons. The zero-order valence-corrected chi connectivity index (χ0v) is 21.2. The number of aryl methyl sites for hydroxylation is 2. The summed E-state index contributed by atoms with van der Waals surface area (Å²) in [4.78, 5) is 3.41. The third kappa shape index (κ3) is 3.80. The fourth-order valence-electron chi connectivity index (χ4n) is 5.24. The lowest BCUT2D eigenvalue weighted by Crippen LogP contribution is -2.50. The fourth-order valence-corrected chi connectivity index (χ4v) is 5.41. The average Bonchev–Trinajstić information content (AvgIpc) is 3.20. The first-order valence-corrected chi connectivity index (χ1v) is 12.1. The van der Waals surface area contributed by atoms with Crippen LogP contribution in [0, 0.1) is 31.5 Å². The highest BCUT2D eigenvalue weighted by Crippen LogP contribution is 2.46. The van der Waals surface area contributed by atoms with Crippen molar-refractivity contribution in [1.29, 1.82) is 0 Å². The predicted octanol–water partition coefficient (Wildman–Crippen LogP) is 7.31. The van der Waals surface area contributed by atoms with E-state index in [0.717, 1.165) is 50.0 Å². The zero-order chi connectivity index (χ0) is 25.1. The minimum Gasteiger partial charge on any atom is -0.390 e. The Hall–Kier alpha value is -3.26. The van der Waals surface area contributed by atoms with Crippen molar-refractivity contribution in [2.45, 2.75) is 52.2 Å². The number of halogens is 2. The van der Waals surface area contributed by atoms with Gasteiger partial charge in [-0.25, -0.2) is 4.39 Å². The van der Waals surface area contributed by atoms with Crippen LogP contribution in [0.15, 0.2) is 48.7 Å². The van der Waals surface area contributed by atoms with Gasteiger partial charge in [0.15, 0.2) is 5.82 Å². The van der Waals surface area contributed by atoms with Crippen molar-refractivity contribution >= 4 is 28.2 Å². The maximum atomic E-state index is 14.7. The molecular formula is C30H28ClFN2O. The average molecular weight is 487 g/mol. The number of aliphatic hydroxyl groups excluding tert-OH is 1. The highest BCUT2D eigenvalue weighted by atomic mass is 35.5. The van der Waals surface area contributed by atoms with Gasteiger partial charge in [0.1, 0.15) is 0 Å². The van der Waals surface area contributed by atoms with Gasteiger partial charge in [-0.1, -0.05) is 54.6 Å². The highest BCUT2D eigenvalue weighted by Gasteiger charge is 2.40. The summed E-state index contributed by atoms with van der Waals surface area (Å²) in [6.07, 6.45) is 1.37. The van der Waals surface area contributed by atoms with Crippen molar-refractivity contribution in [2.24, 2.45) is 0 Å². The van der Waals surface area contributed by atoms with Gasteiger partial charge in [-0.05, 0) is 62.6 Å². The van der Waals surface area contributed by atoms with Crippen molar-refractivity contribution in [2.75, 3.05) is 5.32 Å². The van der Waals surface area contributed by atoms with E-state index in [9.17, 15) is 9.50 Å². The Morgan fingerprint density at radius 1 is 1.03 bits per heavy atom. The monoisotopic (exact) mass is 486 g/mol. The van der Waals surface area contributed by atoms with E-state index in [0.29, 0.717) is 0 Å². The van der Waals surface area contributed by atoms with Gasteiger partial charge in [-0.2, -0.15) is 0 Å². The molecule has 0 fully saturated rings. The number of aromatic amines is 1. The normalized spacial score (nSPS) is 18.5. The molecule has 3 nitrogen and oxygen atoms in total. The standard InChI is InChI=1S/C30H28ClFN2O/c1-16-14-23(22-10-7-9-20-17(2)15-33-28(20)22)21(13-12-19-8-6-11-24(31)26(19)32)25-18(3)29(35)30(4,5)34-27(16)25/h6-11,14-15,18,29,33-35H,1-5H3. The van der Waals surface area contributed by atoms with Crippen LogP contribution in [0.2, 0.25) is 5.02 Å². The third-order valence-corrected chi connectivity index (χ3v) is 7.46. The Bertz CT molecular complexity index is 1540. The lowest BCUT2D eigenvalue weighted by molar-refractivity contribution is 0.0868. The summed E-state index contributed by atoms with van der Waals surface area (Å²) < 4.78 is 14.7. The van der Waals surface area contributed by atoms with Gasteiger partial charge >= 0.3 is 0 Å². The summed E-state index contributed by atoms with van der Waals surface area (Å²) in [5, 5.41) is 15.9. The molecule has 0 saturated carbocycles. The topological polar surface area (TPSA) is 48.0 Å². The van der Waals surface area contributed by atoms with Crippen LogP contribution in [0.5, 0.6) is 0 Å². The van der Waals surface area contributed by atoms with E-state index in [4.69, 9.17) is 11.6 Å². The summed E-state index contributed by atoms with van der Waals surface area (Å²) in [6.45, 7) is 10.2. The van der Waals surface area contributed by atoms with Gasteiger partial charge in [-0.3, -0.25) is 0 Å². The van der Waals surface area contributed by atoms with Crippen molar-refractivity contribution in [3.05, 3.63) is 87.3 Å². The maximum Gasteiger partial charge on any atom is 0.157 e. The molecule has 0 aliphatic carbocycles. The number of para-hydroxylation sites is 1. The molecule has 0 spiro atoms. The number of H-pyrrole nitrogens is 1. The maximum absolute atomic E-state index is 14.7. The SMILES string of the molecule is Cc1cc(-c2cccc3c(C)c[nH]c23)c(C#Cc2cccc(Cl)c2F)c2c1NC(C)(C)C(O)C2C. The highest BCUT2D eigenvalue weighted by molar-refractivity contribution is 6.30. The molecule has 2 atom stereocenters. The molecule has 35 heavy (non-hydrogen) atoms. The lowest BCUT2D eigenvalue weighted by Gasteiger charge is -2.43. The predicted molar refractivity (Wildman–Crippen MR) is 143 cm³/mol. The molecule has 3 aromatic carbocycles. The van der Waals surface area contributed by atoms with Gasteiger partial charge in [-0.15, -0.1) is 0 Å². The molecule has 1 aliphatic heterocycles. The van der Waals surface area contributed by atoms with E-state index < -0.39 is 17.5 Å². The smallest absolute Gasteiger partial charge is 0.157 e. The Labute approximate surface area is 210 Å².